The molecule has 0 aromatic heterocycles. The number of fused-ring (bicyclic) bond motifs is 5. The van der Waals surface area contributed by atoms with E-state index in [4.69, 9.17) is 4.74 Å². The van der Waals surface area contributed by atoms with E-state index in [-0.39, 0.29) is 35.7 Å². The third kappa shape index (κ3) is 2.69. The summed E-state index contributed by atoms with van der Waals surface area (Å²) in [5, 5.41) is 2.89. The zero-order valence-electron chi connectivity index (χ0n) is 15.2. The molecule has 0 spiro atoms. The van der Waals surface area contributed by atoms with Gasteiger partial charge in [0.05, 0.1) is 23.6 Å². The quantitative estimate of drug-likeness (QED) is 0.826. The van der Waals surface area contributed by atoms with E-state index in [0.717, 1.165) is 38.7 Å². The van der Waals surface area contributed by atoms with Crippen molar-refractivity contribution in [2.45, 2.75) is 38.2 Å². The van der Waals surface area contributed by atoms with Gasteiger partial charge in [0.2, 0.25) is 11.8 Å². The second-order valence-corrected chi connectivity index (χ2v) is 8.29. The molecule has 5 rings (SSSR count). The first kappa shape index (κ1) is 16.9. The molecule has 1 aromatic carbocycles. The van der Waals surface area contributed by atoms with Gasteiger partial charge >= 0.3 is 0 Å². The van der Waals surface area contributed by atoms with Crippen LogP contribution in [0.5, 0.6) is 0 Å². The minimum absolute atomic E-state index is 0.0749. The van der Waals surface area contributed by atoms with Crippen LogP contribution in [-0.4, -0.2) is 37.0 Å². The molecule has 6 heteroatoms. The number of hydrogen-bond acceptors (Lipinski definition) is 4. The highest BCUT2D eigenvalue weighted by atomic mass is 16.5. The molecule has 3 amide bonds. The van der Waals surface area contributed by atoms with Crippen LogP contribution in [-0.2, 0) is 14.3 Å². The third-order valence-electron chi connectivity index (χ3n) is 6.81. The van der Waals surface area contributed by atoms with Crippen LogP contribution in [0.25, 0.3) is 0 Å². The van der Waals surface area contributed by atoms with E-state index >= 15 is 0 Å². The number of carbonyl (C=O) groups excluding carboxylic acids is 3. The second kappa shape index (κ2) is 6.44. The Kier molecular flexibility index (Phi) is 4.04. The Morgan fingerprint density at radius 3 is 2.52 bits per heavy atom. The molecule has 2 heterocycles. The summed E-state index contributed by atoms with van der Waals surface area (Å²) in [6.45, 7) is 1.23. The molecule has 2 aliphatic heterocycles. The van der Waals surface area contributed by atoms with E-state index in [1.165, 1.54) is 4.90 Å². The maximum Gasteiger partial charge on any atom is 0.251 e. The summed E-state index contributed by atoms with van der Waals surface area (Å²) < 4.78 is 5.53. The topological polar surface area (TPSA) is 75.7 Å². The Balaban J connectivity index is 1.34. The van der Waals surface area contributed by atoms with Gasteiger partial charge in [0.15, 0.2) is 0 Å². The third-order valence-corrected chi connectivity index (χ3v) is 6.81. The van der Waals surface area contributed by atoms with E-state index in [1.54, 1.807) is 24.3 Å². The molecule has 4 aliphatic rings. The van der Waals surface area contributed by atoms with E-state index in [2.05, 4.69) is 5.32 Å². The Morgan fingerprint density at radius 1 is 1.11 bits per heavy atom. The molecule has 4 fully saturated rings. The van der Waals surface area contributed by atoms with Gasteiger partial charge in [-0.05, 0) is 62.1 Å². The summed E-state index contributed by atoms with van der Waals surface area (Å²) in [6, 6.07) is 6.85. The Hall–Kier alpha value is -2.21. The number of ether oxygens (including phenoxy) is 1. The molecular weight excluding hydrogens is 344 g/mol. The molecule has 142 valence electrons. The van der Waals surface area contributed by atoms with Crippen molar-refractivity contribution in [1.29, 1.82) is 0 Å². The summed E-state index contributed by atoms with van der Waals surface area (Å²) in [7, 11) is 0. The average molecular weight is 368 g/mol. The number of hydrogen-bond donors (Lipinski definition) is 1. The Labute approximate surface area is 158 Å². The molecular formula is C21H24N2O4. The molecule has 1 aromatic rings. The zero-order chi connectivity index (χ0) is 18.5. The molecule has 2 bridgehead atoms. The number of anilines is 1. The lowest BCUT2D eigenvalue weighted by Crippen LogP contribution is -2.34. The summed E-state index contributed by atoms with van der Waals surface area (Å²) >= 11 is 0. The normalized spacial score (nSPS) is 34.4. The average Bonchev–Trinajstić information content (AvgIpc) is 3.45. The maximum absolute atomic E-state index is 13.0. The molecule has 2 aliphatic carbocycles. The molecule has 2 saturated heterocycles. The lowest BCUT2D eigenvalue weighted by Gasteiger charge is -2.19. The van der Waals surface area contributed by atoms with E-state index in [1.807, 2.05) is 0 Å². The molecule has 0 unspecified atom stereocenters. The van der Waals surface area contributed by atoms with Crippen molar-refractivity contribution in [2.24, 2.45) is 23.7 Å². The van der Waals surface area contributed by atoms with Crippen LogP contribution in [0.15, 0.2) is 24.3 Å². The summed E-state index contributed by atoms with van der Waals surface area (Å²) in [6.07, 6.45) is 5.21. The monoisotopic (exact) mass is 368 g/mol. The number of rotatable bonds is 4. The predicted octanol–water partition coefficient (Wildman–Crippen LogP) is 2.13. The van der Waals surface area contributed by atoms with Crippen LogP contribution in [0.3, 0.4) is 0 Å². The van der Waals surface area contributed by atoms with E-state index in [0.29, 0.717) is 29.6 Å². The predicted molar refractivity (Wildman–Crippen MR) is 98.1 cm³/mol. The molecule has 27 heavy (non-hydrogen) atoms. The number of nitrogens with one attached hydrogen (secondary N) is 1. The van der Waals surface area contributed by atoms with Crippen molar-refractivity contribution < 1.29 is 19.1 Å². The zero-order valence-corrected chi connectivity index (χ0v) is 15.2. The molecule has 0 radical (unpaired) electrons. The van der Waals surface area contributed by atoms with Crippen LogP contribution in [0.4, 0.5) is 5.69 Å². The molecule has 1 N–H and O–H groups in total. The minimum Gasteiger partial charge on any atom is -0.376 e. The van der Waals surface area contributed by atoms with Crippen molar-refractivity contribution >= 4 is 23.4 Å². The lowest BCUT2D eigenvalue weighted by molar-refractivity contribution is -0.123. The van der Waals surface area contributed by atoms with Crippen LogP contribution < -0.4 is 10.2 Å². The van der Waals surface area contributed by atoms with Crippen molar-refractivity contribution in [3.05, 3.63) is 29.8 Å². The SMILES string of the molecule is O=C(NC[C@@H]1CCCO1)c1cccc(N2C(=O)[C@@H]3[C@@H]4CC[C@H](C4)[C@@H]3C2=O)c1. The van der Waals surface area contributed by atoms with E-state index < -0.39 is 0 Å². The number of imide groups is 1. The fourth-order valence-electron chi connectivity index (χ4n) is 5.56. The lowest BCUT2D eigenvalue weighted by atomic mass is 9.81. The van der Waals surface area contributed by atoms with Gasteiger partial charge in [-0.15, -0.1) is 0 Å². The first-order valence-electron chi connectivity index (χ1n) is 10.0. The minimum atomic E-state index is -0.202. The first-order chi connectivity index (χ1) is 13.1. The van der Waals surface area contributed by atoms with Gasteiger partial charge in [0, 0.05) is 18.7 Å². The summed E-state index contributed by atoms with van der Waals surface area (Å²) in [5.74, 6) is 0.0788. The Morgan fingerprint density at radius 2 is 1.85 bits per heavy atom. The smallest absolute Gasteiger partial charge is 0.251 e. The van der Waals surface area contributed by atoms with Crippen molar-refractivity contribution in [2.75, 3.05) is 18.1 Å². The van der Waals surface area contributed by atoms with Crippen molar-refractivity contribution in [1.82, 2.24) is 5.32 Å². The van der Waals surface area contributed by atoms with Crippen molar-refractivity contribution in [3.63, 3.8) is 0 Å². The van der Waals surface area contributed by atoms with Crippen LogP contribution >= 0.6 is 0 Å². The molecule has 6 nitrogen and oxygen atoms in total. The van der Waals surface area contributed by atoms with E-state index in [9.17, 15) is 14.4 Å². The highest BCUT2D eigenvalue weighted by Gasteiger charge is 2.61. The van der Waals surface area contributed by atoms with Gasteiger partial charge in [-0.3, -0.25) is 19.3 Å². The number of carbonyl (C=O) groups is 3. The van der Waals surface area contributed by atoms with Gasteiger partial charge in [0.1, 0.15) is 0 Å². The maximum atomic E-state index is 13.0. The van der Waals surface area contributed by atoms with Gasteiger partial charge in [-0.2, -0.15) is 0 Å². The van der Waals surface area contributed by atoms with Crippen LogP contribution in [0.1, 0.15) is 42.5 Å². The number of nitrogens with zero attached hydrogens (tertiary/aromatic N) is 1. The van der Waals surface area contributed by atoms with Crippen molar-refractivity contribution in [3.8, 4) is 0 Å². The van der Waals surface area contributed by atoms with Gasteiger partial charge in [-0.1, -0.05) is 6.07 Å². The van der Waals surface area contributed by atoms with Gasteiger partial charge in [0.25, 0.3) is 5.91 Å². The fourth-order valence-corrected chi connectivity index (χ4v) is 5.56. The largest absolute Gasteiger partial charge is 0.376 e. The molecule has 2 saturated carbocycles. The highest BCUT2D eigenvalue weighted by molar-refractivity contribution is 6.22. The fraction of sp³-hybridized carbons (Fsp3) is 0.571. The number of benzene rings is 1. The van der Waals surface area contributed by atoms with Crippen LogP contribution in [0.2, 0.25) is 0 Å². The van der Waals surface area contributed by atoms with Gasteiger partial charge in [-0.25, -0.2) is 0 Å². The van der Waals surface area contributed by atoms with Crippen LogP contribution in [0, 0.1) is 23.7 Å². The van der Waals surface area contributed by atoms with Gasteiger partial charge < -0.3 is 10.1 Å². The first-order valence-corrected chi connectivity index (χ1v) is 10.0. The standard InChI is InChI=1S/C21H24N2O4/c24-19(22-11-16-5-2-8-27-16)14-3-1-4-15(10-14)23-20(25)17-12-6-7-13(9-12)18(17)21(23)26/h1,3-4,10,12-13,16-18H,2,5-9,11H2,(H,22,24)/t12-,13-,16+,17-,18+/m1/s1. The molecule has 5 atom stereocenters. The summed E-state index contributed by atoms with van der Waals surface area (Å²) in [4.78, 5) is 39.7. The summed E-state index contributed by atoms with van der Waals surface area (Å²) in [5.41, 5.74) is 0.981. The Bertz CT molecular complexity index is 773. The highest BCUT2D eigenvalue weighted by Crippen LogP contribution is 2.56. The number of amides is 3. The second-order valence-electron chi connectivity index (χ2n) is 8.29.